The Morgan fingerprint density at radius 3 is 2.64 bits per heavy atom. The van der Waals surface area contributed by atoms with Crippen molar-refractivity contribution in [3.05, 3.63) is 109 Å². The van der Waals surface area contributed by atoms with Gasteiger partial charge in [0.15, 0.2) is 5.75 Å². The lowest BCUT2D eigenvalue weighted by Gasteiger charge is -2.43. The summed E-state index contributed by atoms with van der Waals surface area (Å²) >= 11 is 0. The first kappa shape index (κ1) is 25.8. The molecule has 11 heteroatoms. The average Bonchev–Trinajstić information content (AvgIpc) is 2.93. The summed E-state index contributed by atoms with van der Waals surface area (Å²) in [7, 11) is 1.28. The van der Waals surface area contributed by atoms with Crippen LogP contribution < -0.4 is 15.6 Å². The molecule has 2 aliphatic rings. The lowest BCUT2D eigenvalue weighted by atomic mass is 9.83. The van der Waals surface area contributed by atoms with Crippen LogP contribution in [0.25, 0.3) is 6.08 Å². The minimum Gasteiger partial charge on any atom is -0.490 e. The molecule has 0 unspecified atom stereocenters. The predicted octanol–water partition coefficient (Wildman–Crippen LogP) is 3.32. The molecule has 3 heterocycles. The summed E-state index contributed by atoms with van der Waals surface area (Å²) in [6.07, 6.45) is 2.08. The fourth-order valence-corrected chi connectivity index (χ4v) is 5.30. The Kier molecular flexibility index (Phi) is 6.97. The maximum atomic E-state index is 14.5. The summed E-state index contributed by atoms with van der Waals surface area (Å²) in [4.78, 5) is 51.7. The normalized spacial score (nSPS) is 18.2. The molecule has 2 atom stereocenters. The highest BCUT2D eigenvalue weighted by Gasteiger charge is 2.37. The summed E-state index contributed by atoms with van der Waals surface area (Å²) in [6, 6.07) is 14.6. The van der Waals surface area contributed by atoms with Crippen LogP contribution in [0.5, 0.6) is 5.75 Å². The zero-order chi connectivity index (χ0) is 27.7. The van der Waals surface area contributed by atoms with Gasteiger partial charge in [0.25, 0.3) is 17.4 Å². The van der Waals surface area contributed by atoms with Gasteiger partial charge in [-0.05, 0) is 42.7 Å². The number of hydrogen-bond donors (Lipinski definition) is 1. The Morgan fingerprint density at radius 1 is 1.10 bits per heavy atom. The van der Waals surface area contributed by atoms with Crippen molar-refractivity contribution in [2.75, 3.05) is 20.2 Å². The van der Waals surface area contributed by atoms with Crippen LogP contribution in [-0.4, -0.2) is 46.4 Å². The van der Waals surface area contributed by atoms with Crippen molar-refractivity contribution in [3.63, 3.8) is 0 Å². The third kappa shape index (κ3) is 5.15. The maximum Gasteiger partial charge on any atom is 0.311 e. The number of rotatable bonds is 6. The molecule has 0 saturated carbocycles. The molecule has 1 N–H and O–H groups in total. The van der Waals surface area contributed by atoms with Gasteiger partial charge < -0.3 is 19.5 Å². The molecule has 5 rings (SSSR count). The molecule has 2 aromatic carbocycles. The van der Waals surface area contributed by atoms with Crippen LogP contribution >= 0.6 is 0 Å². The van der Waals surface area contributed by atoms with Gasteiger partial charge in [0, 0.05) is 54.5 Å². The molecule has 0 spiro atoms. The number of halogens is 1. The number of ether oxygens (including phenoxy) is 1. The van der Waals surface area contributed by atoms with Crippen molar-refractivity contribution in [3.8, 4) is 5.75 Å². The Morgan fingerprint density at radius 2 is 1.90 bits per heavy atom. The van der Waals surface area contributed by atoms with Crippen LogP contribution in [0.4, 0.5) is 10.1 Å². The van der Waals surface area contributed by atoms with Crippen LogP contribution in [0.3, 0.4) is 0 Å². The highest BCUT2D eigenvalue weighted by atomic mass is 19.1. The minimum atomic E-state index is -0.772. The number of pyridine rings is 1. The van der Waals surface area contributed by atoms with Crippen molar-refractivity contribution in [2.24, 2.45) is 5.92 Å². The zero-order valence-electron chi connectivity index (χ0n) is 21.0. The fraction of sp³-hybridized carbons (Fsp3) is 0.250. The average molecular weight is 533 g/mol. The number of carbonyl (C=O) groups is 2. The lowest BCUT2D eigenvalue weighted by Crippen LogP contribution is -2.50. The van der Waals surface area contributed by atoms with E-state index < -0.39 is 28.2 Å². The fourth-order valence-electron chi connectivity index (χ4n) is 5.30. The van der Waals surface area contributed by atoms with Crippen LogP contribution in [0.1, 0.15) is 34.0 Å². The largest absolute Gasteiger partial charge is 0.490 e. The van der Waals surface area contributed by atoms with E-state index in [1.165, 1.54) is 49.6 Å². The number of nitro groups is 1. The third-order valence-corrected chi connectivity index (χ3v) is 7.09. The van der Waals surface area contributed by atoms with E-state index in [9.17, 15) is 28.9 Å². The van der Waals surface area contributed by atoms with Crippen LogP contribution in [0.2, 0.25) is 0 Å². The lowest BCUT2D eigenvalue weighted by molar-refractivity contribution is -0.385. The SMILES string of the molecule is COc1ccc(C(=O)N/C(=C/c2ccccc2F)C(=O)N2C[C@H]3C[C@@H](C2)c2cccc(=O)n2C3)cc1[N+](=O)[O-]. The topological polar surface area (TPSA) is 124 Å². The number of nitrogens with zero attached hydrogens (tertiary/aromatic N) is 3. The van der Waals surface area contributed by atoms with Crippen LogP contribution in [0.15, 0.2) is 71.2 Å². The number of fused-ring (bicyclic) bond motifs is 4. The van der Waals surface area contributed by atoms with Gasteiger partial charge in [0.2, 0.25) is 0 Å². The number of nitro benzene ring substituents is 1. The first-order chi connectivity index (χ1) is 18.7. The Hall–Kier alpha value is -4.80. The summed E-state index contributed by atoms with van der Waals surface area (Å²) in [6.45, 7) is 1.15. The zero-order valence-corrected chi connectivity index (χ0v) is 21.0. The summed E-state index contributed by atoms with van der Waals surface area (Å²) in [5.74, 6) is -1.92. The first-order valence-corrected chi connectivity index (χ1v) is 12.3. The van der Waals surface area contributed by atoms with Gasteiger partial charge in [-0.1, -0.05) is 24.3 Å². The van der Waals surface area contributed by atoms with Crippen LogP contribution in [-0.2, 0) is 11.3 Å². The van der Waals surface area contributed by atoms with Crippen molar-refractivity contribution in [1.82, 2.24) is 14.8 Å². The number of methoxy groups -OCH3 is 1. The van der Waals surface area contributed by atoms with E-state index in [-0.39, 0.29) is 40.0 Å². The predicted molar refractivity (Wildman–Crippen MR) is 140 cm³/mol. The molecule has 2 bridgehead atoms. The van der Waals surface area contributed by atoms with Gasteiger partial charge in [-0.3, -0.25) is 24.5 Å². The van der Waals surface area contributed by atoms with E-state index in [0.29, 0.717) is 19.6 Å². The molecule has 1 fully saturated rings. The van der Waals surface area contributed by atoms with Gasteiger partial charge in [0.05, 0.1) is 12.0 Å². The molecule has 10 nitrogen and oxygen atoms in total. The van der Waals surface area contributed by atoms with Gasteiger partial charge in [-0.2, -0.15) is 0 Å². The van der Waals surface area contributed by atoms with Crippen molar-refractivity contribution in [2.45, 2.75) is 18.9 Å². The molecule has 1 saturated heterocycles. The molecule has 39 heavy (non-hydrogen) atoms. The third-order valence-electron chi connectivity index (χ3n) is 7.09. The number of likely N-dealkylation sites (tertiary alicyclic amines) is 1. The van der Waals surface area contributed by atoms with Gasteiger partial charge >= 0.3 is 5.69 Å². The van der Waals surface area contributed by atoms with E-state index >= 15 is 0 Å². The molecule has 0 aliphatic carbocycles. The number of amides is 2. The number of aromatic nitrogens is 1. The second kappa shape index (κ2) is 10.5. The van der Waals surface area contributed by atoms with E-state index in [2.05, 4.69) is 5.32 Å². The van der Waals surface area contributed by atoms with Gasteiger partial charge in [-0.15, -0.1) is 0 Å². The summed E-state index contributed by atoms with van der Waals surface area (Å²) in [5, 5.41) is 14.0. The summed E-state index contributed by atoms with van der Waals surface area (Å²) in [5.41, 5.74) is 0.214. The van der Waals surface area contributed by atoms with Crippen LogP contribution in [0, 0.1) is 21.8 Å². The minimum absolute atomic E-state index is 0.0195. The van der Waals surface area contributed by atoms with E-state index in [1.54, 1.807) is 21.6 Å². The second-order valence-electron chi connectivity index (χ2n) is 9.59. The van der Waals surface area contributed by atoms with E-state index in [4.69, 9.17) is 4.74 Å². The van der Waals surface area contributed by atoms with E-state index in [0.717, 1.165) is 18.2 Å². The number of benzene rings is 2. The first-order valence-electron chi connectivity index (χ1n) is 12.3. The van der Waals surface area contributed by atoms with Gasteiger partial charge in [0.1, 0.15) is 11.5 Å². The summed E-state index contributed by atoms with van der Waals surface area (Å²) < 4.78 is 21.3. The molecule has 3 aromatic rings. The van der Waals surface area contributed by atoms with Crippen molar-refractivity contribution < 1.29 is 23.6 Å². The number of carbonyl (C=O) groups excluding carboxylic acids is 2. The van der Waals surface area contributed by atoms with Gasteiger partial charge in [-0.25, -0.2) is 4.39 Å². The molecular formula is C28H25FN4O6. The number of hydrogen-bond acceptors (Lipinski definition) is 6. The highest BCUT2D eigenvalue weighted by molar-refractivity contribution is 6.05. The molecule has 2 aliphatic heterocycles. The molecule has 0 radical (unpaired) electrons. The maximum absolute atomic E-state index is 14.5. The molecular weight excluding hydrogens is 507 g/mol. The molecule has 200 valence electrons. The molecule has 2 amide bonds. The highest BCUT2D eigenvalue weighted by Crippen LogP contribution is 2.35. The van der Waals surface area contributed by atoms with Crippen molar-refractivity contribution in [1.29, 1.82) is 0 Å². The number of nitrogens with one attached hydrogen (secondary N) is 1. The monoisotopic (exact) mass is 532 g/mol. The second-order valence-corrected chi connectivity index (χ2v) is 9.59. The number of piperidine rings is 1. The smallest absolute Gasteiger partial charge is 0.311 e. The van der Waals surface area contributed by atoms with E-state index in [1.807, 2.05) is 6.07 Å². The quantitative estimate of drug-likeness (QED) is 0.295. The Balaban J connectivity index is 1.46. The standard InChI is InChI=1S/C28H25FN4O6/c1-39-25-10-9-19(13-24(25)33(37)38)27(35)30-22(12-18-5-2-3-6-21(18)29)28(36)31-14-17-11-20(16-31)23-7-4-8-26(34)32(23)15-17/h2-10,12-13,17,20H,11,14-16H2,1H3,(H,30,35)/b22-12+/t17-,20+/m1/s1. The van der Waals surface area contributed by atoms with Crippen molar-refractivity contribution >= 4 is 23.6 Å². The molecule has 1 aromatic heterocycles. The Bertz CT molecular complexity index is 1570. The Labute approximate surface area is 222 Å².